The molecule has 1 atom stereocenters. The maximum Gasteiger partial charge on any atom is 0.124 e. The summed E-state index contributed by atoms with van der Waals surface area (Å²) in [4.78, 5) is 0. The van der Waals surface area contributed by atoms with E-state index in [1.54, 1.807) is 0 Å². The van der Waals surface area contributed by atoms with Gasteiger partial charge in [-0.3, -0.25) is 0 Å². The summed E-state index contributed by atoms with van der Waals surface area (Å²) in [7, 11) is 0. The Hall–Kier alpha value is -1.40. The Morgan fingerprint density at radius 2 is 2.29 bits per heavy atom. The molecular weight excluding hydrogens is 179 g/mol. The molecule has 0 heterocycles. The summed E-state index contributed by atoms with van der Waals surface area (Å²) in [5, 5.41) is 8.84. The molecule has 0 spiro atoms. The molecule has 0 saturated heterocycles. The highest BCUT2D eigenvalue weighted by Gasteiger charge is 2.19. The second-order valence-electron chi connectivity index (χ2n) is 3.71. The summed E-state index contributed by atoms with van der Waals surface area (Å²) >= 11 is 0. The number of hydrogen-bond donors (Lipinski definition) is 1. The fraction of sp³-hybridized carbons (Fsp3) is 0.364. The zero-order chi connectivity index (χ0) is 10.1. The lowest BCUT2D eigenvalue weighted by atomic mass is 9.86. The predicted octanol–water partition coefficient (Wildman–Crippen LogP) is 1.51. The fourth-order valence-corrected chi connectivity index (χ4v) is 1.98. The zero-order valence-electron chi connectivity index (χ0n) is 7.76. The summed E-state index contributed by atoms with van der Waals surface area (Å²) in [5.74, 6) is -0.339. The van der Waals surface area contributed by atoms with Crippen LogP contribution in [-0.4, -0.2) is 6.04 Å². The largest absolute Gasteiger partial charge is 0.327 e. The van der Waals surface area contributed by atoms with Crippen LogP contribution in [0.5, 0.6) is 0 Å². The van der Waals surface area contributed by atoms with Gasteiger partial charge in [0, 0.05) is 6.04 Å². The van der Waals surface area contributed by atoms with Crippen molar-refractivity contribution in [2.45, 2.75) is 25.3 Å². The standard InChI is InChI=1S/C11H11FN2/c12-9-3-7-5-10(14)1-2-11(7)8(4-9)6-13/h3-4,10H,1-2,5,14H2. The van der Waals surface area contributed by atoms with Gasteiger partial charge in [0.25, 0.3) is 0 Å². The molecule has 0 radical (unpaired) electrons. The first-order valence-electron chi connectivity index (χ1n) is 4.67. The molecule has 2 nitrogen and oxygen atoms in total. The van der Waals surface area contributed by atoms with Crippen LogP contribution in [0.2, 0.25) is 0 Å². The molecule has 0 amide bonds. The lowest BCUT2D eigenvalue weighted by molar-refractivity contribution is 0.564. The van der Waals surface area contributed by atoms with Crippen molar-refractivity contribution in [3.05, 3.63) is 34.6 Å². The lowest BCUT2D eigenvalue weighted by Crippen LogP contribution is -2.28. The predicted molar refractivity (Wildman–Crippen MR) is 51.1 cm³/mol. The SMILES string of the molecule is N#Cc1cc(F)cc2c1CCC(N)C2. The molecule has 3 heteroatoms. The Bertz CT molecular complexity index is 406. The number of rotatable bonds is 0. The minimum atomic E-state index is -0.339. The van der Waals surface area contributed by atoms with Crippen LogP contribution in [0.25, 0.3) is 0 Å². The average molecular weight is 190 g/mol. The average Bonchev–Trinajstić information content (AvgIpc) is 2.15. The Labute approximate surface area is 82.1 Å². The van der Waals surface area contributed by atoms with E-state index < -0.39 is 0 Å². The molecule has 0 bridgehead atoms. The third kappa shape index (κ3) is 1.49. The van der Waals surface area contributed by atoms with E-state index in [9.17, 15) is 4.39 Å². The summed E-state index contributed by atoms with van der Waals surface area (Å²) in [6.45, 7) is 0. The normalized spacial score (nSPS) is 19.9. The highest BCUT2D eigenvalue weighted by molar-refractivity contribution is 5.45. The highest BCUT2D eigenvalue weighted by Crippen LogP contribution is 2.24. The van der Waals surface area contributed by atoms with Gasteiger partial charge in [0.15, 0.2) is 0 Å². The van der Waals surface area contributed by atoms with E-state index in [-0.39, 0.29) is 11.9 Å². The molecular formula is C11H11FN2. The van der Waals surface area contributed by atoms with E-state index in [0.717, 1.165) is 24.0 Å². The minimum Gasteiger partial charge on any atom is -0.327 e. The quantitative estimate of drug-likeness (QED) is 0.674. The molecule has 0 saturated carbocycles. The van der Waals surface area contributed by atoms with E-state index in [2.05, 4.69) is 0 Å². The molecule has 14 heavy (non-hydrogen) atoms. The van der Waals surface area contributed by atoms with Crippen molar-refractivity contribution in [3.8, 4) is 6.07 Å². The minimum absolute atomic E-state index is 0.107. The first-order valence-corrected chi connectivity index (χ1v) is 4.67. The lowest BCUT2D eigenvalue weighted by Gasteiger charge is -2.22. The van der Waals surface area contributed by atoms with E-state index in [1.165, 1.54) is 12.1 Å². The van der Waals surface area contributed by atoms with Crippen molar-refractivity contribution in [2.24, 2.45) is 5.73 Å². The number of benzene rings is 1. The Morgan fingerprint density at radius 1 is 1.50 bits per heavy atom. The van der Waals surface area contributed by atoms with E-state index >= 15 is 0 Å². The Kier molecular flexibility index (Phi) is 2.22. The number of nitrogens with zero attached hydrogens (tertiary/aromatic N) is 1. The van der Waals surface area contributed by atoms with Crippen LogP contribution in [0.4, 0.5) is 4.39 Å². The van der Waals surface area contributed by atoms with Crippen LogP contribution in [0.3, 0.4) is 0 Å². The van der Waals surface area contributed by atoms with Crippen LogP contribution in [0.1, 0.15) is 23.1 Å². The molecule has 72 valence electrons. The summed E-state index contributed by atoms with van der Waals surface area (Å²) in [6, 6.07) is 4.93. The van der Waals surface area contributed by atoms with Gasteiger partial charge in [-0.25, -0.2) is 4.39 Å². The molecule has 1 unspecified atom stereocenters. The van der Waals surface area contributed by atoms with E-state index in [0.29, 0.717) is 12.0 Å². The Morgan fingerprint density at radius 3 is 3.00 bits per heavy atom. The maximum atomic E-state index is 13.1. The highest BCUT2D eigenvalue weighted by atomic mass is 19.1. The second kappa shape index (κ2) is 3.39. The molecule has 1 aliphatic carbocycles. The van der Waals surface area contributed by atoms with Gasteiger partial charge >= 0.3 is 0 Å². The number of nitrogens with two attached hydrogens (primary N) is 1. The van der Waals surface area contributed by atoms with Gasteiger partial charge < -0.3 is 5.73 Å². The van der Waals surface area contributed by atoms with Crippen molar-refractivity contribution < 1.29 is 4.39 Å². The first-order chi connectivity index (χ1) is 6.70. The maximum absolute atomic E-state index is 13.1. The molecule has 0 aliphatic heterocycles. The van der Waals surface area contributed by atoms with E-state index in [4.69, 9.17) is 11.0 Å². The van der Waals surface area contributed by atoms with Gasteiger partial charge in [-0.2, -0.15) is 5.26 Å². The van der Waals surface area contributed by atoms with Crippen LogP contribution in [0, 0.1) is 17.1 Å². The zero-order valence-corrected chi connectivity index (χ0v) is 7.76. The summed E-state index contributed by atoms with van der Waals surface area (Å²) < 4.78 is 13.1. The number of hydrogen-bond acceptors (Lipinski definition) is 2. The van der Waals surface area contributed by atoms with Crippen molar-refractivity contribution in [2.75, 3.05) is 0 Å². The van der Waals surface area contributed by atoms with Crippen molar-refractivity contribution >= 4 is 0 Å². The van der Waals surface area contributed by atoms with Gasteiger partial charge in [0.1, 0.15) is 5.82 Å². The van der Waals surface area contributed by atoms with Crippen molar-refractivity contribution in [1.82, 2.24) is 0 Å². The van der Waals surface area contributed by atoms with Crippen LogP contribution >= 0.6 is 0 Å². The van der Waals surface area contributed by atoms with Gasteiger partial charge in [0.2, 0.25) is 0 Å². The van der Waals surface area contributed by atoms with E-state index in [1.807, 2.05) is 6.07 Å². The molecule has 0 aromatic heterocycles. The fourth-order valence-electron chi connectivity index (χ4n) is 1.98. The molecule has 2 rings (SSSR count). The molecule has 1 aliphatic rings. The van der Waals surface area contributed by atoms with Crippen molar-refractivity contribution in [1.29, 1.82) is 5.26 Å². The van der Waals surface area contributed by atoms with Gasteiger partial charge in [-0.15, -0.1) is 0 Å². The molecule has 2 N–H and O–H groups in total. The first kappa shape index (κ1) is 9.17. The molecule has 1 aromatic carbocycles. The second-order valence-corrected chi connectivity index (χ2v) is 3.71. The Balaban J connectivity index is 2.53. The molecule has 1 aromatic rings. The smallest absolute Gasteiger partial charge is 0.124 e. The van der Waals surface area contributed by atoms with Crippen LogP contribution < -0.4 is 5.73 Å². The topological polar surface area (TPSA) is 49.8 Å². The number of nitriles is 1. The number of fused-ring (bicyclic) bond motifs is 1. The van der Waals surface area contributed by atoms with Crippen molar-refractivity contribution in [3.63, 3.8) is 0 Å². The summed E-state index contributed by atoms with van der Waals surface area (Å²) in [6.07, 6.45) is 2.36. The molecule has 0 fully saturated rings. The van der Waals surface area contributed by atoms with Gasteiger partial charge in [-0.1, -0.05) is 0 Å². The number of halogens is 1. The monoisotopic (exact) mass is 190 g/mol. The van der Waals surface area contributed by atoms with Crippen LogP contribution in [0.15, 0.2) is 12.1 Å². The van der Waals surface area contributed by atoms with Gasteiger partial charge in [-0.05, 0) is 42.5 Å². The third-order valence-electron chi connectivity index (χ3n) is 2.67. The van der Waals surface area contributed by atoms with Crippen LogP contribution in [-0.2, 0) is 12.8 Å². The summed E-state index contributed by atoms with van der Waals surface area (Å²) in [5.41, 5.74) is 8.14. The third-order valence-corrected chi connectivity index (χ3v) is 2.67. The van der Waals surface area contributed by atoms with Gasteiger partial charge in [0.05, 0.1) is 11.6 Å².